The summed E-state index contributed by atoms with van der Waals surface area (Å²) >= 11 is 0. The highest BCUT2D eigenvalue weighted by Crippen LogP contribution is 1.99. The number of hydrogen-bond acceptors (Lipinski definition) is 3. The number of carbonyl (C=O) groups excluding carboxylic acids is 1. The lowest BCUT2D eigenvalue weighted by atomic mass is 10.2. The molecule has 0 saturated carbocycles. The van der Waals surface area contributed by atoms with E-state index in [0.717, 1.165) is 12.0 Å². The van der Waals surface area contributed by atoms with E-state index in [1.54, 1.807) is 12.4 Å². The Kier molecular flexibility index (Phi) is 3.96. The number of carbonyl (C=O) groups is 1. The molecule has 0 amide bonds. The van der Waals surface area contributed by atoms with E-state index in [2.05, 4.69) is 4.98 Å². The molecule has 3 nitrogen and oxygen atoms in total. The van der Waals surface area contributed by atoms with Gasteiger partial charge in [-0.25, -0.2) is 0 Å². The van der Waals surface area contributed by atoms with Crippen molar-refractivity contribution in [3.05, 3.63) is 30.1 Å². The van der Waals surface area contributed by atoms with Crippen molar-refractivity contribution in [3.63, 3.8) is 0 Å². The molecule has 0 radical (unpaired) electrons. The van der Waals surface area contributed by atoms with E-state index in [0.29, 0.717) is 13.0 Å². The first kappa shape index (κ1) is 9.71. The number of aromatic nitrogens is 1. The Balaban J connectivity index is 2.37. The van der Waals surface area contributed by atoms with Crippen molar-refractivity contribution in [2.45, 2.75) is 19.8 Å². The minimum absolute atomic E-state index is 0.173. The normalized spacial score (nSPS) is 9.62. The molecule has 0 aliphatic carbocycles. The van der Waals surface area contributed by atoms with Gasteiger partial charge in [0.15, 0.2) is 0 Å². The zero-order chi connectivity index (χ0) is 9.52. The van der Waals surface area contributed by atoms with Gasteiger partial charge < -0.3 is 4.74 Å². The van der Waals surface area contributed by atoms with Crippen molar-refractivity contribution in [2.24, 2.45) is 0 Å². The minimum atomic E-state index is -0.173. The minimum Gasteiger partial charge on any atom is -0.465 e. The van der Waals surface area contributed by atoms with E-state index in [1.165, 1.54) is 0 Å². The van der Waals surface area contributed by atoms with Crippen molar-refractivity contribution in [3.8, 4) is 0 Å². The summed E-state index contributed by atoms with van der Waals surface area (Å²) in [5.74, 6) is -0.173. The van der Waals surface area contributed by atoms with Crippen LogP contribution in [0.25, 0.3) is 0 Å². The summed E-state index contributed by atoms with van der Waals surface area (Å²) in [5.41, 5.74) is 0.941. The smallest absolute Gasteiger partial charge is 0.310 e. The third-order valence-electron chi connectivity index (χ3n) is 1.56. The Morgan fingerprint density at radius 3 is 2.77 bits per heavy atom. The maximum Gasteiger partial charge on any atom is 0.310 e. The fourth-order valence-corrected chi connectivity index (χ4v) is 0.934. The molecule has 0 aliphatic rings. The van der Waals surface area contributed by atoms with Gasteiger partial charge in [-0.2, -0.15) is 0 Å². The second-order valence-corrected chi connectivity index (χ2v) is 2.75. The fraction of sp³-hybridized carbons (Fsp3) is 0.400. The summed E-state index contributed by atoms with van der Waals surface area (Å²) in [7, 11) is 0. The number of rotatable bonds is 4. The van der Waals surface area contributed by atoms with Crippen LogP contribution in [0, 0.1) is 0 Å². The zero-order valence-corrected chi connectivity index (χ0v) is 7.69. The molecule has 1 aromatic rings. The van der Waals surface area contributed by atoms with Crippen molar-refractivity contribution < 1.29 is 9.53 Å². The largest absolute Gasteiger partial charge is 0.465 e. The molecular weight excluding hydrogens is 166 g/mol. The molecule has 0 atom stereocenters. The monoisotopic (exact) mass is 179 g/mol. The number of esters is 1. The maximum absolute atomic E-state index is 11.1. The molecule has 0 fully saturated rings. The van der Waals surface area contributed by atoms with Crippen LogP contribution in [0.5, 0.6) is 0 Å². The molecule has 0 unspecified atom stereocenters. The third-order valence-corrected chi connectivity index (χ3v) is 1.56. The lowest BCUT2D eigenvalue weighted by molar-refractivity contribution is -0.142. The van der Waals surface area contributed by atoms with Crippen molar-refractivity contribution in [1.82, 2.24) is 4.98 Å². The van der Waals surface area contributed by atoms with Crippen molar-refractivity contribution >= 4 is 5.97 Å². The number of ether oxygens (including phenoxy) is 1. The lowest BCUT2D eigenvalue weighted by Crippen LogP contribution is -2.08. The van der Waals surface area contributed by atoms with Gasteiger partial charge in [-0.15, -0.1) is 0 Å². The van der Waals surface area contributed by atoms with Gasteiger partial charge in [0.05, 0.1) is 13.0 Å². The van der Waals surface area contributed by atoms with Crippen LogP contribution in [0.15, 0.2) is 24.5 Å². The van der Waals surface area contributed by atoms with Gasteiger partial charge in [-0.3, -0.25) is 9.78 Å². The molecule has 1 rings (SSSR count). The molecule has 0 saturated heterocycles. The SMILES string of the molecule is CCCOC(=O)Cc1ccncc1. The highest BCUT2D eigenvalue weighted by Gasteiger charge is 2.02. The van der Waals surface area contributed by atoms with Crippen LogP contribution in [-0.4, -0.2) is 17.6 Å². The number of pyridine rings is 1. The molecule has 13 heavy (non-hydrogen) atoms. The Bertz CT molecular complexity index is 259. The second kappa shape index (κ2) is 5.30. The van der Waals surface area contributed by atoms with Gasteiger partial charge in [0.1, 0.15) is 0 Å². The third kappa shape index (κ3) is 3.69. The fourth-order valence-electron chi connectivity index (χ4n) is 0.934. The van der Waals surface area contributed by atoms with Crippen LogP contribution in [0.1, 0.15) is 18.9 Å². The van der Waals surface area contributed by atoms with Crippen LogP contribution in [0.4, 0.5) is 0 Å². The van der Waals surface area contributed by atoms with Crippen LogP contribution in [0.3, 0.4) is 0 Å². The molecule has 0 spiro atoms. The Labute approximate surface area is 77.8 Å². The average molecular weight is 179 g/mol. The molecule has 70 valence electrons. The standard InChI is InChI=1S/C10H13NO2/c1-2-7-13-10(12)8-9-3-5-11-6-4-9/h3-6H,2,7-8H2,1H3. The summed E-state index contributed by atoms with van der Waals surface area (Å²) in [5, 5.41) is 0. The van der Waals surface area contributed by atoms with E-state index < -0.39 is 0 Å². The van der Waals surface area contributed by atoms with Crippen molar-refractivity contribution in [2.75, 3.05) is 6.61 Å². The summed E-state index contributed by atoms with van der Waals surface area (Å²) in [4.78, 5) is 15.0. The molecule has 0 N–H and O–H groups in total. The first-order valence-electron chi connectivity index (χ1n) is 4.37. The molecular formula is C10H13NO2. The zero-order valence-electron chi connectivity index (χ0n) is 7.69. The quantitative estimate of drug-likeness (QED) is 0.659. The van der Waals surface area contributed by atoms with Gasteiger partial charge in [0.2, 0.25) is 0 Å². The van der Waals surface area contributed by atoms with Gasteiger partial charge in [-0.05, 0) is 24.1 Å². The Morgan fingerprint density at radius 2 is 2.15 bits per heavy atom. The summed E-state index contributed by atoms with van der Waals surface area (Å²) < 4.78 is 4.94. The predicted octanol–water partition coefficient (Wildman–Crippen LogP) is 1.58. The molecule has 0 aromatic carbocycles. The van der Waals surface area contributed by atoms with Crippen LogP contribution >= 0.6 is 0 Å². The van der Waals surface area contributed by atoms with E-state index in [9.17, 15) is 4.79 Å². The Morgan fingerprint density at radius 1 is 1.46 bits per heavy atom. The van der Waals surface area contributed by atoms with E-state index in [1.807, 2.05) is 19.1 Å². The van der Waals surface area contributed by atoms with Crippen LogP contribution in [-0.2, 0) is 16.0 Å². The second-order valence-electron chi connectivity index (χ2n) is 2.75. The highest BCUT2D eigenvalue weighted by molar-refractivity contribution is 5.72. The van der Waals surface area contributed by atoms with Crippen molar-refractivity contribution in [1.29, 1.82) is 0 Å². The molecule has 1 aromatic heterocycles. The molecule has 3 heteroatoms. The van der Waals surface area contributed by atoms with Crippen LogP contribution in [0.2, 0.25) is 0 Å². The number of hydrogen-bond donors (Lipinski definition) is 0. The van der Waals surface area contributed by atoms with Gasteiger partial charge in [0.25, 0.3) is 0 Å². The number of nitrogens with zero attached hydrogens (tertiary/aromatic N) is 1. The Hall–Kier alpha value is -1.38. The molecule has 1 heterocycles. The van der Waals surface area contributed by atoms with E-state index in [4.69, 9.17) is 4.74 Å². The van der Waals surface area contributed by atoms with E-state index in [-0.39, 0.29) is 5.97 Å². The van der Waals surface area contributed by atoms with E-state index >= 15 is 0 Å². The summed E-state index contributed by atoms with van der Waals surface area (Å²) in [6.45, 7) is 2.48. The highest BCUT2D eigenvalue weighted by atomic mass is 16.5. The average Bonchev–Trinajstić information content (AvgIpc) is 2.16. The molecule has 0 aliphatic heterocycles. The topological polar surface area (TPSA) is 39.2 Å². The maximum atomic E-state index is 11.1. The lowest BCUT2D eigenvalue weighted by Gasteiger charge is -2.02. The van der Waals surface area contributed by atoms with Gasteiger partial charge in [-0.1, -0.05) is 6.92 Å². The van der Waals surface area contributed by atoms with Gasteiger partial charge in [0, 0.05) is 12.4 Å². The summed E-state index contributed by atoms with van der Waals surface area (Å²) in [6, 6.07) is 3.63. The predicted molar refractivity (Wildman–Crippen MR) is 49.2 cm³/mol. The van der Waals surface area contributed by atoms with Gasteiger partial charge >= 0.3 is 5.97 Å². The molecule has 0 bridgehead atoms. The van der Waals surface area contributed by atoms with Crippen LogP contribution < -0.4 is 0 Å². The first-order chi connectivity index (χ1) is 6.33. The first-order valence-corrected chi connectivity index (χ1v) is 4.37. The summed E-state index contributed by atoms with van der Waals surface area (Å²) in [6.07, 6.45) is 4.54.